The van der Waals surface area contributed by atoms with E-state index in [9.17, 15) is 5.26 Å². The lowest BCUT2D eigenvalue weighted by atomic mass is 9.84. The Morgan fingerprint density at radius 2 is 1.82 bits per heavy atom. The maximum Gasteiger partial charge on any atom is 0.193 e. The van der Waals surface area contributed by atoms with Crippen molar-refractivity contribution in [1.82, 2.24) is 14.5 Å². The molecule has 3 aromatic rings. The molecule has 0 unspecified atom stereocenters. The molecule has 1 fully saturated rings. The number of fused-ring (bicyclic) bond motifs is 1. The van der Waals surface area contributed by atoms with Gasteiger partial charge in [-0.15, -0.1) is 0 Å². The average molecular weight is 548 g/mol. The van der Waals surface area contributed by atoms with Crippen LogP contribution in [0.3, 0.4) is 0 Å². The van der Waals surface area contributed by atoms with Crippen LogP contribution in [-0.4, -0.2) is 37.0 Å². The van der Waals surface area contributed by atoms with Crippen molar-refractivity contribution in [2.45, 2.75) is 96.6 Å². The van der Waals surface area contributed by atoms with Gasteiger partial charge < -0.3 is 18.6 Å². The summed E-state index contributed by atoms with van der Waals surface area (Å²) in [5.74, 6) is 3.27. The summed E-state index contributed by atoms with van der Waals surface area (Å²) in [6.07, 6.45) is 6.70. The van der Waals surface area contributed by atoms with Crippen LogP contribution in [0.1, 0.15) is 83.3 Å². The number of ether oxygens (including phenoxy) is 1. The lowest BCUT2D eigenvalue weighted by Crippen LogP contribution is -2.41. The van der Waals surface area contributed by atoms with E-state index in [1.165, 1.54) is 5.56 Å². The van der Waals surface area contributed by atoms with Gasteiger partial charge in [0.05, 0.1) is 24.9 Å². The zero-order valence-corrected chi connectivity index (χ0v) is 26.0. The van der Waals surface area contributed by atoms with Crippen LogP contribution >= 0.6 is 0 Å². The van der Waals surface area contributed by atoms with Gasteiger partial charge in [-0.25, -0.2) is 9.97 Å². The first-order valence-corrected chi connectivity index (χ1v) is 17.1. The van der Waals surface area contributed by atoms with Crippen LogP contribution in [0.15, 0.2) is 36.5 Å². The second-order valence-corrected chi connectivity index (χ2v) is 17.4. The molecule has 7 nitrogen and oxygen atoms in total. The van der Waals surface area contributed by atoms with Crippen LogP contribution < -0.4 is 9.64 Å². The first kappa shape index (κ1) is 29.1. The second-order valence-electron chi connectivity index (χ2n) is 12.6. The molecule has 0 amide bonds. The molecular formula is C31H45N5O2Si. The summed E-state index contributed by atoms with van der Waals surface area (Å²) in [4.78, 5) is 12.1. The Morgan fingerprint density at radius 1 is 1.15 bits per heavy atom. The van der Waals surface area contributed by atoms with Crippen LogP contribution in [0.2, 0.25) is 18.1 Å². The van der Waals surface area contributed by atoms with E-state index in [1.807, 2.05) is 18.3 Å². The lowest BCUT2D eigenvalue weighted by Gasteiger charge is -2.39. The molecule has 0 bridgehead atoms. The van der Waals surface area contributed by atoms with Gasteiger partial charge in [0.2, 0.25) is 0 Å². The fourth-order valence-electron chi connectivity index (χ4n) is 5.38. The van der Waals surface area contributed by atoms with Crippen molar-refractivity contribution in [2.24, 2.45) is 5.92 Å². The Labute approximate surface area is 235 Å². The van der Waals surface area contributed by atoms with Crippen molar-refractivity contribution in [3.8, 4) is 11.8 Å². The molecule has 2 aromatic heterocycles. The predicted molar refractivity (Wildman–Crippen MR) is 161 cm³/mol. The quantitative estimate of drug-likeness (QED) is 0.254. The number of hydrogen-bond donors (Lipinski definition) is 0. The van der Waals surface area contributed by atoms with Crippen molar-refractivity contribution in [1.29, 1.82) is 5.26 Å². The van der Waals surface area contributed by atoms with Gasteiger partial charge in [-0.2, -0.15) is 5.26 Å². The highest BCUT2D eigenvalue weighted by atomic mass is 28.4. The summed E-state index contributed by atoms with van der Waals surface area (Å²) in [6, 6.07) is 13.1. The number of pyridine rings is 1. The summed E-state index contributed by atoms with van der Waals surface area (Å²) >= 11 is 0. The Hall–Kier alpha value is -2.89. The number of anilines is 1. The number of benzene rings is 1. The van der Waals surface area contributed by atoms with Crippen molar-refractivity contribution in [3.05, 3.63) is 47.9 Å². The number of aromatic nitrogens is 3. The third-order valence-corrected chi connectivity index (χ3v) is 13.3. The minimum Gasteiger partial charge on any atom is -0.497 e. The van der Waals surface area contributed by atoms with Crippen molar-refractivity contribution in [2.75, 3.05) is 19.1 Å². The third kappa shape index (κ3) is 6.47. The minimum atomic E-state index is -1.99. The highest BCUT2D eigenvalue weighted by Crippen LogP contribution is 2.42. The normalized spacial score (nSPS) is 19.1. The van der Waals surface area contributed by atoms with Gasteiger partial charge >= 0.3 is 0 Å². The molecule has 8 heteroatoms. The minimum absolute atomic E-state index is 0.115. The van der Waals surface area contributed by atoms with E-state index in [0.29, 0.717) is 18.4 Å². The van der Waals surface area contributed by atoms with Gasteiger partial charge in [0.1, 0.15) is 29.0 Å². The van der Waals surface area contributed by atoms with Gasteiger partial charge in [-0.05, 0) is 74.4 Å². The zero-order valence-electron chi connectivity index (χ0n) is 25.0. The van der Waals surface area contributed by atoms with E-state index >= 15 is 0 Å². The maximum absolute atomic E-state index is 9.22. The van der Waals surface area contributed by atoms with Crippen molar-refractivity contribution >= 4 is 25.2 Å². The van der Waals surface area contributed by atoms with E-state index in [1.54, 1.807) is 7.11 Å². The molecule has 4 rings (SSSR count). The van der Waals surface area contributed by atoms with Gasteiger partial charge in [-0.1, -0.05) is 32.9 Å². The van der Waals surface area contributed by atoms with E-state index in [-0.39, 0.29) is 11.1 Å². The van der Waals surface area contributed by atoms with Crippen LogP contribution in [-0.2, 0) is 11.0 Å². The molecule has 0 radical (unpaired) electrons. The highest BCUT2D eigenvalue weighted by molar-refractivity contribution is 6.74. The molecule has 1 aliphatic carbocycles. The van der Waals surface area contributed by atoms with Gasteiger partial charge in [-0.3, -0.25) is 0 Å². The van der Waals surface area contributed by atoms with Crippen LogP contribution in [0, 0.1) is 17.2 Å². The lowest BCUT2D eigenvalue weighted by molar-refractivity contribution is 0.180. The van der Waals surface area contributed by atoms with E-state index in [4.69, 9.17) is 19.1 Å². The number of imidazole rings is 1. The van der Waals surface area contributed by atoms with Crippen LogP contribution in [0.4, 0.5) is 5.82 Å². The molecular weight excluding hydrogens is 502 g/mol. The predicted octanol–water partition coefficient (Wildman–Crippen LogP) is 7.80. The fourth-order valence-corrected chi connectivity index (χ4v) is 6.72. The maximum atomic E-state index is 9.22. The first-order valence-electron chi connectivity index (χ1n) is 14.2. The molecule has 39 heavy (non-hydrogen) atoms. The fraction of sp³-hybridized carbons (Fsp3) is 0.581. The summed E-state index contributed by atoms with van der Waals surface area (Å²) in [7, 11) is 1.77. The number of rotatable bonds is 9. The molecule has 0 saturated heterocycles. The Morgan fingerprint density at radius 3 is 2.41 bits per heavy atom. The SMILES string of the molecule is COc1ccc(CN(C)c2cc3c(cn2)nc([C@@H](C)O[Si](C)(C)C(C)(C)C)n3[C@H]2CC[C@H](CC#N)CC2)cc1. The molecule has 1 aliphatic rings. The molecule has 1 aromatic carbocycles. The number of methoxy groups -OCH3 is 1. The van der Waals surface area contributed by atoms with Crippen molar-refractivity contribution in [3.63, 3.8) is 0 Å². The smallest absolute Gasteiger partial charge is 0.193 e. The number of nitrogens with zero attached hydrogens (tertiary/aromatic N) is 5. The molecule has 1 saturated carbocycles. The van der Waals surface area contributed by atoms with E-state index in [2.05, 4.69) is 81.6 Å². The zero-order chi connectivity index (χ0) is 28.4. The highest BCUT2D eigenvalue weighted by Gasteiger charge is 2.40. The summed E-state index contributed by atoms with van der Waals surface area (Å²) in [5.41, 5.74) is 3.23. The van der Waals surface area contributed by atoms with Gasteiger partial charge in [0, 0.05) is 32.1 Å². The molecule has 1 atom stereocenters. The van der Waals surface area contributed by atoms with Crippen LogP contribution in [0.25, 0.3) is 11.0 Å². The topological polar surface area (TPSA) is 76.2 Å². The number of nitriles is 1. The number of hydrogen-bond acceptors (Lipinski definition) is 6. The largest absolute Gasteiger partial charge is 0.497 e. The third-order valence-electron chi connectivity index (χ3n) is 8.76. The Kier molecular flexibility index (Phi) is 8.72. The van der Waals surface area contributed by atoms with E-state index in [0.717, 1.165) is 60.7 Å². The Balaban J connectivity index is 1.69. The first-order chi connectivity index (χ1) is 18.4. The monoisotopic (exact) mass is 547 g/mol. The molecule has 0 spiro atoms. The van der Waals surface area contributed by atoms with E-state index < -0.39 is 8.32 Å². The molecule has 0 N–H and O–H groups in total. The Bertz CT molecular complexity index is 1300. The van der Waals surface area contributed by atoms with Crippen LogP contribution in [0.5, 0.6) is 5.75 Å². The molecule has 2 heterocycles. The average Bonchev–Trinajstić information content (AvgIpc) is 3.28. The molecule has 0 aliphatic heterocycles. The summed E-state index contributed by atoms with van der Waals surface area (Å²) in [5, 5.41) is 9.34. The van der Waals surface area contributed by atoms with Crippen molar-refractivity contribution < 1.29 is 9.16 Å². The second kappa shape index (κ2) is 11.7. The molecule has 210 valence electrons. The van der Waals surface area contributed by atoms with Gasteiger partial charge in [0.15, 0.2) is 8.32 Å². The summed E-state index contributed by atoms with van der Waals surface area (Å²) < 4.78 is 14.6. The standard InChI is InChI=1S/C31H45N5O2Si/c1-22(38-39(7,8)31(2,3)4)30-34-27-20-33-29(35(5)21-24-11-15-26(37-6)16-12-24)19-28(27)36(30)25-13-9-23(10-14-25)17-18-32/h11-12,15-16,19-20,22-23,25H,9-10,13-14,17,21H2,1-8H3/t22-,23-,25-/m1/s1. The van der Waals surface area contributed by atoms with Gasteiger partial charge in [0.25, 0.3) is 0 Å². The summed E-state index contributed by atoms with van der Waals surface area (Å²) in [6.45, 7) is 14.3.